The molecule has 0 aliphatic rings. The second-order valence-electron chi connectivity index (χ2n) is 4.29. The maximum atomic E-state index is 13.7. The van der Waals surface area contributed by atoms with E-state index in [1.54, 1.807) is 24.3 Å². The predicted octanol–water partition coefficient (Wildman–Crippen LogP) is 2.61. The van der Waals surface area contributed by atoms with Crippen LogP contribution in [0, 0.1) is 11.6 Å². The van der Waals surface area contributed by atoms with Gasteiger partial charge in [0.15, 0.2) is 0 Å². The first-order valence-corrected chi connectivity index (χ1v) is 6.12. The van der Waals surface area contributed by atoms with E-state index in [1.165, 1.54) is 24.4 Å². The summed E-state index contributed by atoms with van der Waals surface area (Å²) in [6.07, 6.45) is 1.34. The van der Waals surface area contributed by atoms with Crippen molar-refractivity contribution in [3.8, 4) is 5.75 Å². The summed E-state index contributed by atoms with van der Waals surface area (Å²) in [6, 6.07) is 10.2. The summed E-state index contributed by atoms with van der Waals surface area (Å²) in [4.78, 5) is 0. The molecule has 0 unspecified atom stereocenters. The van der Waals surface area contributed by atoms with E-state index < -0.39 is 11.6 Å². The van der Waals surface area contributed by atoms with Crippen molar-refractivity contribution in [2.45, 2.75) is 0 Å². The molecule has 0 heterocycles. The number of ether oxygens (including phenoxy) is 1. The van der Waals surface area contributed by atoms with E-state index in [0.29, 0.717) is 11.4 Å². The van der Waals surface area contributed by atoms with Crippen LogP contribution in [0.5, 0.6) is 5.75 Å². The molecule has 0 aromatic heterocycles. The molecule has 0 spiro atoms. The fourth-order valence-electron chi connectivity index (χ4n) is 1.86. The maximum absolute atomic E-state index is 13.7. The van der Waals surface area contributed by atoms with Crippen molar-refractivity contribution in [2.75, 3.05) is 12.1 Å². The summed E-state index contributed by atoms with van der Waals surface area (Å²) >= 11 is 0. The Balaban J connectivity index is 2.33. The van der Waals surface area contributed by atoms with Gasteiger partial charge in [-0.15, -0.1) is 0 Å². The van der Waals surface area contributed by atoms with Gasteiger partial charge in [-0.3, -0.25) is 5.01 Å². The van der Waals surface area contributed by atoms with Gasteiger partial charge >= 0.3 is 0 Å². The predicted molar refractivity (Wildman–Crippen MR) is 78.2 cm³/mol. The molecule has 2 aromatic rings. The van der Waals surface area contributed by atoms with Crippen LogP contribution in [-0.2, 0) is 0 Å². The summed E-state index contributed by atoms with van der Waals surface area (Å²) in [5, 5.41) is 1.22. The van der Waals surface area contributed by atoms with Gasteiger partial charge in [-0.25, -0.2) is 14.6 Å². The first kappa shape index (κ1) is 14.8. The molecule has 0 radical (unpaired) electrons. The highest BCUT2D eigenvalue weighted by atomic mass is 19.1. The molecule has 2 rings (SSSR count). The van der Waals surface area contributed by atoms with Gasteiger partial charge < -0.3 is 10.5 Å². The zero-order valence-corrected chi connectivity index (χ0v) is 11.4. The van der Waals surface area contributed by atoms with Gasteiger partial charge in [0.05, 0.1) is 18.5 Å². The Kier molecular flexibility index (Phi) is 4.39. The van der Waals surface area contributed by atoms with E-state index in [9.17, 15) is 8.78 Å². The van der Waals surface area contributed by atoms with Crippen molar-refractivity contribution in [1.82, 2.24) is 0 Å². The van der Waals surface area contributed by atoms with E-state index in [4.69, 9.17) is 16.3 Å². The van der Waals surface area contributed by atoms with E-state index in [0.717, 1.165) is 12.1 Å². The van der Waals surface area contributed by atoms with Crippen molar-refractivity contribution in [2.24, 2.45) is 11.6 Å². The van der Waals surface area contributed by atoms with Gasteiger partial charge in [-0.1, -0.05) is 12.1 Å². The molecule has 0 amide bonds. The number of hydrogen-bond acceptors (Lipinski definition) is 4. The summed E-state index contributed by atoms with van der Waals surface area (Å²) in [6.45, 7) is 0. The molecular weight excluding hydrogens is 276 g/mol. The third kappa shape index (κ3) is 3.29. The molecule has 110 valence electrons. The number of benzene rings is 2. The minimum Gasteiger partial charge on any atom is -0.495 e. The quantitative estimate of drug-likeness (QED) is 0.671. The molecule has 0 atom stereocenters. The van der Waals surface area contributed by atoms with Crippen molar-refractivity contribution in [1.29, 1.82) is 0 Å². The molecule has 2 aromatic carbocycles. The lowest BCUT2D eigenvalue weighted by Gasteiger charge is -2.18. The number of hydrogen-bond donors (Lipinski definition) is 2. The Morgan fingerprint density at radius 3 is 2.57 bits per heavy atom. The van der Waals surface area contributed by atoms with Gasteiger partial charge in [0.25, 0.3) is 0 Å². The molecule has 0 aliphatic carbocycles. The van der Waals surface area contributed by atoms with Crippen LogP contribution in [0.3, 0.4) is 0 Å². The number of halogens is 2. The first-order chi connectivity index (χ1) is 10.0. The van der Waals surface area contributed by atoms with Crippen molar-refractivity contribution in [3.05, 3.63) is 65.9 Å². The van der Waals surface area contributed by atoms with Crippen LogP contribution in [0.15, 0.2) is 48.7 Å². The highest BCUT2D eigenvalue weighted by Gasteiger charge is 2.10. The minimum atomic E-state index is -0.753. The second kappa shape index (κ2) is 6.23. The monoisotopic (exact) mass is 291 g/mol. The molecular formula is C15H15F2N3O. The summed E-state index contributed by atoms with van der Waals surface area (Å²) < 4.78 is 31.7. The average molecular weight is 291 g/mol. The van der Waals surface area contributed by atoms with Crippen molar-refractivity contribution >= 4 is 11.4 Å². The van der Waals surface area contributed by atoms with Gasteiger partial charge in [-0.05, 0) is 24.3 Å². The Hall–Kier alpha value is -2.60. The summed E-state index contributed by atoms with van der Waals surface area (Å²) in [5.74, 6) is 5.01. The molecule has 0 fully saturated rings. The highest BCUT2D eigenvalue weighted by Crippen LogP contribution is 2.26. The van der Waals surface area contributed by atoms with Crippen LogP contribution in [0.1, 0.15) is 5.56 Å². The van der Waals surface area contributed by atoms with Gasteiger partial charge in [0.1, 0.15) is 17.4 Å². The lowest BCUT2D eigenvalue weighted by atomic mass is 10.1. The molecule has 0 aliphatic heterocycles. The molecule has 0 bridgehead atoms. The van der Waals surface area contributed by atoms with E-state index in [1.807, 2.05) is 0 Å². The van der Waals surface area contributed by atoms with E-state index >= 15 is 0 Å². The Bertz CT molecular complexity index is 674. The number of methoxy groups -OCH3 is 1. The second-order valence-corrected chi connectivity index (χ2v) is 4.29. The number of hydrazine groups is 1. The Morgan fingerprint density at radius 2 is 1.90 bits per heavy atom. The minimum absolute atomic E-state index is 0.0703. The number of rotatable bonds is 4. The number of nitrogens with zero attached hydrogens (tertiary/aromatic N) is 1. The van der Waals surface area contributed by atoms with Crippen LogP contribution < -0.4 is 21.3 Å². The third-order valence-corrected chi connectivity index (χ3v) is 2.88. The van der Waals surface area contributed by atoms with Gasteiger partial charge in [0.2, 0.25) is 0 Å². The topological polar surface area (TPSA) is 64.5 Å². The fourth-order valence-corrected chi connectivity index (χ4v) is 1.86. The molecule has 4 N–H and O–H groups in total. The largest absolute Gasteiger partial charge is 0.495 e. The molecule has 6 heteroatoms. The summed E-state index contributed by atoms with van der Waals surface area (Å²) in [7, 11) is 1.51. The summed E-state index contributed by atoms with van der Waals surface area (Å²) in [5.41, 5.74) is 6.51. The van der Waals surface area contributed by atoms with Crippen LogP contribution >= 0.6 is 0 Å². The molecule has 0 saturated heterocycles. The first-order valence-electron chi connectivity index (χ1n) is 6.12. The highest BCUT2D eigenvalue weighted by molar-refractivity contribution is 5.68. The Labute approximate surface area is 121 Å². The maximum Gasteiger partial charge on any atom is 0.143 e. The lowest BCUT2D eigenvalue weighted by molar-refractivity contribution is 0.415. The SMILES string of the molecule is COc1ccccc1N(N)/C=C(\N)c1ccc(F)cc1F. The smallest absolute Gasteiger partial charge is 0.143 e. The third-order valence-electron chi connectivity index (χ3n) is 2.88. The fraction of sp³-hybridized carbons (Fsp3) is 0.0667. The van der Waals surface area contributed by atoms with Crippen LogP contribution in [0.4, 0.5) is 14.5 Å². The van der Waals surface area contributed by atoms with Crippen LogP contribution in [0.25, 0.3) is 5.70 Å². The zero-order chi connectivity index (χ0) is 15.4. The van der Waals surface area contributed by atoms with Crippen molar-refractivity contribution in [3.63, 3.8) is 0 Å². The van der Waals surface area contributed by atoms with E-state index in [-0.39, 0.29) is 11.3 Å². The van der Waals surface area contributed by atoms with Gasteiger partial charge in [-0.2, -0.15) is 0 Å². The molecule has 21 heavy (non-hydrogen) atoms. The van der Waals surface area contributed by atoms with E-state index in [2.05, 4.69) is 0 Å². The van der Waals surface area contributed by atoms with Crippen LogP contribution in [0.2, 0.25) is 0 Å². The number of nitrogens with two attached hydrogens (primary N) is 2. The standard InChI is InChI=1S/C15H15F2N3O/c1-21-15-5-3-2-4-14(15)20(19)9-13(18)11-7-6-10(16)8-12(11)17/h2-9H,18-19H2,1H3/b13-9-. The van der Waals surface area contributed by atoms with Gasteiger partial charge in [0, 0.05) is 17.8 Å². The lowest BCUT2D eigenvalue weighted by Crippen LogP contribution is -2.26. The van der Waals surface area contributed by atoms with Crippen molar-refractivity contribution < 1.29 is 13.5 Å². The number of para-hydroxylation sites is 2. The zero-order valence-electron chi connectivity index (χ0n) is 11.4. The molecule has 0 saturated carbocycles. The number of anilines is 1. The molecule has 4 nitrogen and oxygen atoms in total. The van der Waals surface area contributed by atoms with Crippen LogP contribution in [-0.4, -0.2) is 7.11 Å². The average Bonchev–Trinajstić information content (AvgIpc) is 2.46. The normalized spacial score (nSPS) is 11.3. The Morgan fingerprint density at radius 1 is 1.19 bits per heavy atom.